The summed E-state index contributed by atoms with van der Waals surface area (Å²) in [5, 5.41) is 9.07. The van der Waals surface area contributed by atoms with E-state index in [1.807, 2.05) is 0 Å². The molecule has 0 radical (unpaired) electrons. The Hall–Kier alpha value is -0.700. The maximum absolute atomic E-state index is 11.4. The lowest BCUT2D eigenvalue weighted by Crippen LogP contribution is -2.44. The van der Waals surface area contributed by atoms with E-state index in [1.54, 1.807) is 6.92 Å². The molecule has 7 nitrogen and oxygen atoms in total. The first kappa shape index (κ1) is 16.3. The summed E-state index contributed by atoms with van der Waals surface area (Å²) in [6.45, 7) is 3.27. The van der Waals surface area contributed by atoms with Gasteiger partial charge in [-0.25, -0.2) is 13.1 Å². The van der Waals surface area contributed by atoms with Gasteiger partial charge in [-0.15, -0.1) is 0 Å². The molecule has 102 valence electrons. The van der Waals surface area contributed by atoms with Crippen LogP contribution in [0.1, 0.15) is 20.3 Å². The molecule has 0 aromatic rings. The number of ether oxygens (including phenoxy) is 1. The van der Waals surface area contributed by atoms with E-state index < -0.39 is 28.1 Å². The Morgan fingerprint density at radius 3 is 2.59 bits per heavy atom. The highest BCUT2D eigenvalue weighted by molar-refractivity contribution is 7.89. The summed E-state index contributed by atoms with van der Waals surface area (Å²) in [6, 6.07) is -0.674. The highest BCUT2D eigenvalue weighted by atomic mass is 32.2. The number of carbonyl (C=O) groups excluding carboxylic acids is 1. The molecule has 0 heterocycles. The fourth-order valence-electron chi connectivity index (χ4n) is 0.917. The minimum atomic E-state index is -3.57. The smallest absolute Gasteiger partial charge is 0.306 e. The molecular formula is C9H20N2O5S. The molecule has 0 rings (SSSR count). The lowest BCUT2D eigenvalue weighted by atomic mass is 10.2. The first-order valence-corrected chi connectivity index (χ1v) is 7.00. The number of nitrogens with one attached hydrogen (secondary N) is 1. The van der Waals surface area contributed by atoms with Crippen LogP contribution in [0.5, 0.6) is 0 Å². The monoisotopic (exact) mass is 268 g/mol. The molecule has 0 aromatic carbocycles. The Morgan fingerprint density at radius 2 is 2.12 bits per heavy atom. The minimum Gasteiger partial charge on any atom is -0.466 e. The number of esters is 1. The molecule has 0 spiro atoms. The molecule has 0 saturated heterocycles. The van der Waals surface area contributed by atoms with Crippen molar-refractivity contribution in [2.45, 2.75) is 32.4 Å². The van der Waals surface area contributed by atoms with Crippen LogP contribution >= 0.6 is 0 Å². The predicted molar refractivity (Wildman–Crippen MR) is 62.7 cm³/mol. The molecule has 0 aromatic heterocycles. The van der Waals surface area contributed by atoms with E-state index in [-0.39, 0.29) is 25.3 Å². The maximum atomic E-state index is 11.4. The molecule has 0 amide bonds. The summed E-state index contributed by atoms with van der Waals surface area (Å²) in [4.78, 5) is 11.0. The normalized spacial score (nSPS) is 15.3. The van der Waals surface area contributed by atoms with Crippen LogP contribution in [0.15, 0.2) is 0 Å². The van der Waals surface area contributed by atoms with E-state index in [9.17, 15) is 13.2 Å². The Kier molecular flexibility index (Phi) is 7.28. The van der Waals surface area contributed by atoms with Gasteiger partial charge in [-0.05, 0) is 13.8 Å². The molecule has 17 heavy (non-hydrogen) atoms. The van der Waals surface area contributed by atoms with E-state index >= 15 is 0 Å². The molecule has 0 saturated carbocycles. The first-order valence-electron chi connectivity index (χ1n) is 5.35. The molecule has 0 aliphatic heterocycles. The van der Waals surface area contributed by atoms with Crippen molar-refractivity contribution in [1.82, 2.24) is 4.72 Å². The summed E-state index contributed by atoms with van der Waals surface area (Å²) >= 11 is 0. The van der Waals surface area contributed by atoms with Gasteiger partial charge in [-0.2, -0.15) is 0 Å². The second kappa shape index (κ2) is 7.59. The van der Waals surface area contributed by atoms with E-state index in [1.165, 1.54) is 6.92 Å². The van der Waals surface area contributed by atoms with Crippen molar-refractivity contribution in [2.75, 3.05) is 18.9 Å². The Balaban J connectivity index is 4.00. The third kappa shape index (κ3) is 8.08. The average Bonchev–Trinajstić information content (AvgIpc) is 2.24. The minimum absolute atomic E-state index is 0.0666. The molecule has 0 fully saturated rings. The highest BCUT2D eigenvalue weighted by Gasteiger charge is 2.16. The fraction of sp³-hybridized carbons (Fsp3) is 0.889. The average molecular weight is 268 g/mol. The van der Waals surface area contributed by atoms with Gasteiger partial charge in [0, 0.05) is 12.6 Å². The van der Waals surface area contributed by atoms with Crippen LogP contribution < -0.4 is 10.5 Å². The van der Waals surface area contributed by atoms with Crippen molar-refractivity contribution in [3.63, 3.8) is 0 Å². The topological polar surface area (TPSA) is 119 Å². The van der Waals surface area contributed by atoms with Gasteiger partial charge in [-0.1, -0.05) is 0 Å². The fourth-order valence-corrected chi connectivity index (χ4v) is 1.94. The van der Waals surface area contributed by atoms with Gasteiger partial charge in [0.25, 0.3) is 0 Å². The van der Waals surface area contributed by atoms with Crippen molar-refractivity contribution < 1.29 is 23.1 Å². The third-order valence-corrected chi connectivity index (χ3v) is 3.39. The van der Waals surface area contributed by atoms with E-state index in [2.05, 4.69) is 9.46 Å². The summed E-state index contributed by atoms with van der Waals surface area (Å²) in [5.74, 6) is -0.907. The largest absolute Gasteiger partial charge is 0.466 e. The van der Waals surface area contributed by atoms with Crippen molar-refractivity contribution >= 4 is 16.0 Å². The van der Waals surface area contributed by atoms with Crippen LogP contribution in [0.25, 0.3) is 0 Å². The van der Waals surface area contributed by atoms with Crippen LogP contribution in [-0.2, 0) is 19.6 Å². The van der Waals surface area contributed by atoms with Crippen LogP contribution in [-0.4, -0.2) is 50.5 Å². The molecule has 0 bridgehead atoms. The number of aliphatic hydroxyl groups excluding tert-OH is 1. The standard InChI is InChI=1S/C9H20N2O5S/c1-3-16-9(13)4-5-17(14,15)11-6-8(10)7(2)12/h7-8,11-12H,3-6,10H2,1-2H3. The number of carbonyl (C=O) groups is 1. The Morgan fingerprint density at radius 1 is 1.53 bits per heavy atom. The number of nitrogens with two attached hydrogens (primary N) is 1. The van der Waals surface area contributed by atoms with Crippen molar-refractivity contribution in [1.29, 1.82) is 0 Å². The second-order valence-electron chi connectivity index (χ2n) is 3.63. The zero-order chi connectivity index (χ0) is 13.5. The maximum Gasteiger partial charge on any atom is 0.306 e. The summed E-state index contributed by atoms with van der Waals surface area (Å²) in [7, 11) is -3.57. The van der Waals surface area contributed by atoms with Gasteiger partial charge in [-0.3, -0.25) is 4.79 Å². The lowest BCUT2D eigenvalue weighted by Gasteiger charge is -2.15. The molecular weight excluding hydrogens is 248 g/mol. The van der Waals surface area contributed by atoms with Crippen molar-refractivity contribution in [3.8, 4) is 0 Å². The van der Waals surface area contributed by atoms with E-state index in [4.69, 9.17) is 10.8 Å². The lowest BCUT2D eigenvalue weighted by molar-refractivity contribution is -0.142. The SMILES string of the molecule is CCOC(=O)CCS(=O)(=O)NCC(N)C(C)O. The van der Waals surface area contributed by atoms with Crippen LogP contribution in [0.4, 0.5) is 0 Å². The number of rotatable bonds is 8. The Bertz CT molecular complexity index is 328. The summed E-state index contributed by atoms with van der Waals surface area (Å²) < 4.78 is 29.6. The molecule has 2 unspecified atom stereocenters. The number of hydrogen-bond acceptors (Lipinski definition) is 6. The highest BCUT2D eigenvalue weighted by Crippen LogP contribution is 1.94. The zero-order valence-corrected chi connectivity index (χ0v) is 10.9. The van der Waals surface area contributed by atoms with Crippen molar-refractivity contribution in [2.24, 2.45) is 5.73 Å². The van der Waals surface area contributed by atoms with Crippen LogP contribution in [0, 0.1) is 0 Å². The zero-order valence-electron chi connectivity index (χ0n) is 10.0. The van der Waals surface area contributed by atoms with Gasteiger partial charge in [0.05, 0.1) is 24.9 Å². The second-order valence-corrected chi connectivity index (χ2v) is 5.55. The van der Waals surface area contributed by atoms with E-state index in [0.717, 1.165) is 0 Å². The molecule has 8 heteroatoms. The van der Waals surface area contributed by atoms with Gasteiger partial charge >= 0.3 is 5.97 Å². The predicted octanol–water partition coefficient (Wildman–Crippen LogP) is -1.43. The van der Waals surface area contributed by atoms with E-state index in [0.29, 0.717) is 0 Å². The molecule has 0 aliphatic carbocycles. The van der Waals surface area contributed by atoms with Gasteiger partial charge < -0.3 is 15.6 Å². The van der Waals surface area contributed by atoms with Gasteiger partial charge in [0.1, 0.15) is 0 Å². The third-order valence-electron chi connectivity index (χ3n) is 2.04. The molecule has 2 atom stereocenters. The number of sulfonamides is 1. The summed E-state index contributed by atoms with van der Waals surface area (Å²) in [6.07, 6.45) is -1.00. The number of hydrogen-bond donors (Lipinski definition) is 3. The quantitative estimate of drug-likeness (QED) is 0.464. The molecule has 4 N–H and O–H groups in total. The van der Waals surface area contributed by atoms with Crippen LogP contribution in [0.2, 0.25) is 0 Å². The first-order chi connectivity index (χ1) is 7.78. The van der Waals surface area contributed by atoms with Gasteiger partial charge in [0.15, 0.2) is 0 Å². The van der Waals surface area contributed by atoms with Gasteiger partial charge in [0.2, 0.25) is 10.0 Å². The Labute approximate surface area is 101 Å². The number of aliphatic hydroxyl groups is 1. The summed E-state index contributed by atoms with van der Waals surface area (Å²) in [5.41, 5.74) is 5.46. The molecule has 0 aliphatic rings. The van der Waals surface area contributed by atoms with Crippen LogP contribution in [0.3, 0.4) is 0 Å². The van der Waals surface area contributed by atoms with Crippen molar-refractivity contribution in [3.05, 3.63) is 0 Å².